The topological polar surface area (TPSA) is 38.0 Å². The van der Waals surface area contributed by atoms with Crippen LogP contribution in [-0.4, -0.2) is 31.7 Å². The van der Waals surface area contributed by atoms with Crippen molar-refractivity contribution < 1.29 is 0 Å². The van der Waals surface area contributed by atoms with E-state index in [2.05, 4.69) is 37.4 Å². The molecule has 0 aliphatic carbocycles. The maximum absolute atomic E-state index is 6.00. The van der Waals surface area contributed by atoms with Crippen LogP contribution < -0.4 is 15.5 Å². The van der Waals surface area contributed by atoms with E-state index >= 15 is 0 Å². The van der Waals surface area contributed by atoms with Gasteiger partial charge in [-0.15, -0.1) is 0 Å². The molecule has 19 heavy (non-hydrogen) atoms. The van der Waals surface area contributed by atoms with Crippen LogP contribution in [0.15, 0.2) is 18.2 Å². The highest BCUT2D eigenvalue weighted by Crippen LogP contribution is 2.39. The van der Waals surface area contributed by atoms with Crippen molar-refractivity contribution in [1.29, 1.82) is 0 Å². The van der Waals surface area contributed by atoms with E-state index < -0.39 is 0 Å². The van der Waals surface area contributed by atoms with Gasteiger partial charge in [0.1, 0.15) is 11.7 Å². The number of aryl methyl sites for hydroxylation is 1. The number of nitrogens with one attached hydrogen (secondary N) is 1. The van der Waals surface area contributed by atoms with Crippen LogP contribution in [0, 0.1) is 6.92 Å². The molecule has 3 N–H and O–H groups in total. The van der Waals surface area contributed by atoms with Gasteiger partial charge in [0.15, 0.2) is 0 Å². The first kappa shape index (κ1) is 12.9. The van der Waals surface area contributed by atoms with E-state index in [1.807, 2.05) is 0 Å². The highest BCUT2D eigenvalue weighted by molar-refractivity contribution is 5.57. The number of likely N-dealkylation sites (tertiary alicyclic amines) is 1. The SMILES string of the molecule is Cc1cc([N+]2([C@@H]3CCNC3)CCC[C@H]2C)ccc1N. The van der Waals surface area contributed by atoms with E-state index in [0.717, 1.165) is 24.3 Å². The molecule has 2 heterocycles. The third kappa shape index (κ3) is 1.96. The van der Waals surface area contributed by atoms with Crippen molar-refractivity contribution in [2.45, 2.75) is 45.2 Å². The van der Waals surface area contributed by atoms with E-state index in [1.165, 1.54) is 48.1 Å². The molecule has 3 atom stereocenters. The van der Waals surface area contributed by atoms with Gasteiger partial charge in [-0.1, -0.05) is 0 Å². The highest BCUT2D eigenvalue weighted by atomic mass is 15.4. The largest absolute Gasteiger partial charge is 0.399 e. The first-order valence-corrected chi connectivity index (χ1v) is 7.59. The Labute approximate surface area is 116 Å². The second-order valence-corrected chi connectivity index (χ2v) is 6.33. The molecule has 1 aromatic rings. The number of quaternary nitrogens is 1. The molecule has 3 heteroatoms. The fourth-order valence-corrected chi connectivity index (χ4v) is 4.19. The van der Waals surface area contributed by atoms with E-state index in [0.29, 0.717) is 0 Å². The Morgan fingerprint density at radius 3 is 2.74 bits per heavy atom. The molecule has 0 spiro atoms. The zero-order chi connectivity index (χ0) is 13.5. The summed E-state index contributed by atoms with van der Waals surface area (Å²) in [6.07, 6.45) is 3.99. The van der Waals surface area contributed by atoms with Gasteiger partial charge in [0.2, 0.25) is 0 Å². The Balaban J connectivity index is 2.05. The van der Waals surface area contributed by atoms with Gasteiger partial charge in [-0.3, -0.25) is 4.48 Å². The van der Waals surface area contributed by atoms with Gasteiger partial charge in [0, 0.05) is 50.2 Å². The fraction of sp³-hybridized carbons (Fsp3) is 0.625. The number of benzene rings is 1. The Hall–Kier alpha value is -1.06. The molecule has 0 amide bonds. The smallest absolute Gasteiger partial charge is 0.133 e. The van der Waals surface area contributed by atoms with Crippen molar-refractivity contribution in [2.75, 3.05) is 25.4 Å². The summed E-state index contributed by atoms with van der Waals surface area (Å²) in [5.74, 6) is 0. The van der Waals surface area contributed by atoms with E-state index in [9.17, 15) is 0 Å². The third-order valence-corrected chi connectivity index (χ3v) is 5.36. The van der Waals surface area contributed by atoms with E-state index in [1.54, 1.807) is 0 Å². The van der Waals surface area contributed by atoms with Gasteiger partial charge in [-0.25, -0.2) is 0 Å². The van der Waals surface area contributed by atoms with Crippen molar-refractivity contribution in [3.05, 3.63) is 23.8 Å². The van der Waals surface area contributed by atoms with Crippen LogP contribution in [0.5, 0.6) is 0 Å². The predicted octanol–water partition coefficient (Wildman–Crippen LogP) is 2.43. The number of nitrogens with two attached hydrogens (primary N) is 1. The molecule has 0 aromatic heterocycles. The molecule has 0 bridgehead atoms. The zero-order valence-corrected chi connectivity index (χ0v) is 12.2. The molecule has 104 valence electrons. The number of nitrogen functional groups attached to an aromatic ring is 1. The van der Waals surface area contributed by atoms with Gasteiger partial charge in [0.05, 0.1) is 12.6 Å². The Morgan fingerprint density at radius 1 is 1.32 bits per heavy atom. The van der Waals surface area contributed by atoms with Crippen LogP contribution in [0.4, 0.5) is 11.4 Å². The lowest BCUT2D eigenvalue weighted by Gasteiger charge is -2.43. The molecule has 2 saturated heterocycles. The monoisotopic (exact) mass is 260 g/mol. The summed E-state index contributed by atoms with van der Waals surface area (Å²) >= 11 is 0. The Bertz CT molecular complexity index is 465. The molecule has 0 saturated carbocycles. The second-order valence-electron chi connectivity index (χ2n) is 6.33. The number of anilines is 1. The van der Waals surface area contributed by atoms with Crippen molar-refractivity contribution in [3.63, 3.8) is 0 Å². The standard InChI is InChI=1S/C16H26N3/c1-12-10-14(5-6-16(12)17)19(9-3-4-13(19)2)15-7-8-18-11-15/h5-6,10,13,15,18H,3-4,7-9,11,17H2,1-2H3/q+1/t13-,15-,19?/m1/s1. The molecule has 1 aromatic carbocycles. The summed E-state index contributed by atoms with van der Waals surface area (Å²) in [6, 6.07) is 8.16. The summed E-state index contributed by atoms with van der Waals surface area (Å²) in [6.45, 7) is 8.18. The minimum absolute atomic E-state index is 0.730. The first-order valence-electron chi connectivity index (χ1n) is 7.59. The van der Waals surface area contributed by atoms with Crippen molar-refractivity contribution in [1.82, 2.24) is 9.80 Å². The molecule has 2 aliphatic heterocycles. The maximum atomic E-state index is 6.00. The quantitative estimate of drug-likeness (QED) is 0.633. The second kappa shape index (κ2) is 4.80. The minimum Gasteiger partial charge on any atom is -0.399 e. The average molecular weight is 260 g/mol. The summed E-state index contributed by atoms with van der Waals surface area (Å²) in [5.41, 5.74) is 9.61. The summed E-state index contributed by atoms with van der Waals surface area (Å²) in [7, 11) is 0. The van der Waals surface area contributed by atoms with Crippen molar-refractivity contribution in [2.24, 2.45) is 0 Å². The maximum Gasteiger partial charge on any atom is 0.133 e. The average Bonchev–Trinajstić information content (AvgIpc) is 3.02. The summed E-state index contributed by atoms with van der Waals surface area (Å²) in [4.78, 5) is 0. The fourth-order valence-electron chi connectivity index (χ4n) is 4.19. The molecular formula is C16H26N3+. The number of hydrogen-bond donors (Lipinski definition) is 2. The normalized spacial score (nSPS) is 34.8. The molecule has 1 unspecified atom stereocenters. The Kier molecular flexibility index (Phi) is 3.27. The highest BCUT2D eigenvalue weighted by Gasteiger charge is 2.48. The molecule has 3 nitrogen and oxygen atoms in total. The molecule has 2 aliphatic rings. The van der Waals surface area contributed by atoms with E-state index in [4.69, 9.17) is 5.73 Å². The van der Waals surface area contributed by atoms with Gasteiger partial charge >= 0.3 is 0 Å². The molecule has 3 rings (SSSR count). The Morgan fingerprint density at radius 2 is 2.16 bits per heavy atom. The predicted molar refractivity (Wildman–Crippen MR) is 82.2 cm³/mol. The number of nitrogens with zero attached hydrogens (tertiary/aromatic N) is 1. The van der Waals surface area contributed by atoms with Crippen LogP contribution >= 0.6 is 0 Å². The summed E-state index contributed by atoms with van der Waals surface area (Å²) in [5, 5.41) is 3.55. The van der Waals surface area contributed by atoms with Crippen LogP contribution in [0.3, 0.4) is 0 Å². The van der Waals surface area contributed by atoms with Gasteiger partial charge < -0.3 is 11.1 Å². The first-order chi connectivity index (χ1) is 9.14. The number of hydrogen-bond acceptors (Lipinski definition) is 2. The zero-order valence-electron chi connectivity index (χ0n) is 12.2. The molecule has 2 fully saturated rings. The lowest BCUT2D eigenvalue weighted by Crippen LogP contribution is -2.59. The number of rotatable bonds is 2. The van der Waals surface area contributed by atoms with Crippen LogP contribution in [0.1, 0.15) is 31.7 Å². The third-order valence-electron chi connectivity index (χ3n) is 5.36. The minimum atomic E-state index is 0.730. The molecule has 0 radical (unpaired) electrons. The van der Waals surface area contributed by atoms with Crippen LogP contribution in [0.25, 0.3) is 0 Å². The summed E-state index contributed by atoms with van der Waals surface area (Å²) < 4.78 is 1.17. The van der Waals surface area contributed by atoms with Crippen molar-refractivity contribution in [3.8, 4) is 0 Å². The molecular weight excluding hydrogens is 234 g/mol. The van der Waals surface area contributed by atoms with Gasteiger partial charge in [-0.05, 0) is 25.5 Å². The van der Waals surface area contributed by atoms with Crippen molar-refractivity contribution >= 4 is 11.4 Å². The van der Waals surface area contributed by atoms with Gasteiger partial charge in [-0.2, -0.15) is 0 Å². The van der Waals surface area contributed by atoms with Crippen LogP contribution in [-0.2, 0) is 0 Å². The lowest BCUT2D eigenvalue weighted by atomic mass is 10.0. The van der Waals surface area contributed by atoms with Crippen LogP contribution in [0.2, 0.25) is 0 Å². The lowest BCUT2D eigenvalue weighted by molar-refractivity contribution is 0.203. The van der Waals surface area contributed by atoms with Gasteiger partial charge in [0.25, 0.3) is 0 Å². The van der Waals surface area contributed by atoms with E-state index in [-0.39, 0.29) is 0 Å².